The number of benzene rings is 2. The van der Waals surface area contributed by atoms with Gasteiger partial charge in [0.2, 0.25) is 5.91 Å². The van der Waals surface area contributed by atoms with Gasteiger partial charge in [0.1, 0.15) is 0 Å². The Morgan fingerprint density at radius 3 is 2.33 bits per heavy atom. The summed E-state index contributed by atoms with van der Waals surface area (Å²) in [4.78, 5) is 14.0. The first-order valence-electron chi connectivity index (χ1n) is 7.24. The maximum absolute atomic E-state index is 12.2. The third-order valence-electron chi connectivity index (χ3n) is 3.58. The summed E-state index contributed by atoms with van der Waals surface area (Å²) in [5.74, 6) is 0.0974. The molecule has 0 aliphatic carbocycles. The highest BCUT2D eigenvalue weighted by Crippen LogP contribution is 2.11. The second-order valence-corrected chi connectivity index (χ2v) is 5.34. The van der Waals surface area contributed by atoms with Crippen LogP contribution in [0.15, 0.2) is 48.5 Å². The Morgan fingerprint density at radius 2 is 1.71 bits per heavy atom. The minimum absolute atomic E-state index is 0.0974. The molecule has 2 N–H and O–H groups in total. The van der Waals surface area contributed by atoms with Gasteiger partial charge in [0.05, 0.1) is 6.42 Å². The summed E-state index contributed by atoms with van der Waals surface area (Å²) in [6.45, 7) is 2.77. The van der Waals surface area contributed by atoms with Crippen molar-refractivity contribution >= 4 is 11.6 Å². The molecule has 2 rings (SSSR count). The van der Waals surface area contributed by atoms with Crippen LogP contribution in [0.2, 0.25) is 0 Å². The van der Waals surface area contributed by atoms with Gasteiger partial charge >= 0.3 is 0 Å². The van der Waals surface area contributed by atoms with Crippen molar-refractivity contribution in [3.63, 3.8) is 0 Å². The van der Waals surface area contributed by atoms with Crippen LogP contribution < -0.4 is 5.73 Å². The molecule has 0 fully saturated rings. The average Bonchev–Trinajstić information content (AvgIpc) is 2.48. The molecule has 0 saturated carbocycles. The number of nitrogens with zero attached hydrogens (tertiary/aromatic N) is 1. The standard InChI is InChI=1S/C18H22N2O/c1-3-14-7-9-15(10-8-14)13-20(2)18(21)12-16-5-4-6-17(19)11-16/h4-11H,3,12-13,19H2,1-2H3. The minimum atomic E-state index is 0.0974. The first-order chi connectivity index (χ1) is 10.1. The first-order valence-corrected chi connectivity index (χ1v) is 7.24. The molecular formula is C18H22N2O. The molecule has 110 valence electrons. The van der Waals surface area contributed by atoms with E-state index in [0.717, 1.165) is 17.5 Å². The van der Waals surface area contributed by atoms with Crippen molar-refractivity contribution in [2.45, 2.75) is 26.3 Å². The lowest BCUT2D eigenvalue weighted by molar-refractivity contribution is -0.129. The van der Waals surface area contributed by atoms with Crippen LogP contribution in [-0.4, -0.2) is 17.9 Å². The molecule has 3 heteroatoms. The third kappa shape index (κ3) is 4.35. The first kappa shape index (κ1) is 15.1. The lowest BCUT2D eigenvalue weighted by atomic mass is 10.1. The molecule has 3 nitrogen and oxygen atoms in total. The lowest BCUT2D eigenvalue weighted by Gasteiger charge is -2.17. The van der Waals surface area contributed by atoms with Gasteiger partial charge in [-0.25, -0.2) is 0 Å². The van der Waals surface area contributed by atoms with Crippen molar-refractivity contribution in [1.82, 2.24) is 4.90 Å². The highest BCUT2D eigenvalue weighted by atomic mass is 16.2. The topological polar surface area (TPSA) is 46.3 Å². The van der Waals surface area contributed by atoms with E-state index in [-0.39, 0.29) is 5.91 Å². The largest absolute Gasteiger partial charge is 0.399 e. The lowest BCUT2D eigenvalue weighted by Crippen LogP contribution is -2.27. The van der Waals surface area contributed by atoms with Gasteiger partial charge in [-0.2, -0.15) is 0 Å². The number of carbonyl (C=O) groups excluding carboxylic acids is 1. The fourth-order valence-corrected chi connectivity index (χ4v) is 2.26. The van der Waals surface area contributed by atoms with Crippen molar-refractivity contribution in [2.75, 3.05) is 12.8 Å². The van der Waals surface area contributed by atoms with Crippen LogP contribution in [0.5, 0.6) is 0 Å². The van der Waals surface area contributed by atoms with Crippen molar-refractivity contribution in [1.29, 1.82) is 0 Å². The maximum Gasteiger partial charge on any atom is 0.227 e. The number of nitrogens with two attached hydrogens (primary N) is 1. The summed E-state index contributed by atoms with van der Waals surface area (Å²) in [5.41, 5.74) is 9.84. The van der Waals surface area contributed by atoms with Crippen LogP contribution in [0, 0.1) is 0 Å². The second kappa shape index (κ2) is 6.93. The van der Waals surface area contributed by atoms with Gasteiger partial charge < -0.3 is 10.6 Å². The summed E-state index contributed by atoms with van der Waals surface area (Å²) >= 11 is 0. The Kier molecular flexibility index (Phi) is 4.99. The second-order valence-electron chi connectivity index (χ2n) is 5.34. The van der Waals surface area contributed by atoms with E-state index in [1.807, 2.05) is 31.3 Å². The van der Waals surface area contributed by atoms with E-state index in [1.54, 1.807) is 4.90 Å². The van der Waals surface area contributed by atoms with Gasteiger partial charge in [0.25, 0.3) is 0 Å². The van der Waals surface area contributed by atoms with E-state index in [4.69, 9.17) is 5.73 Å². The smallest absolute Gasteiger partial charge is 0.227 e. The van der Waals surface area contributed by atoms with Crippen LogP contribution in [-0.2, 0) is 24.2 Å². The molecular weight excluding hydrogens is 260 g/mol. The zero-order valence-corrected chi connectivity index (χ0v) is 12.7. The Bertz CT molecular complexity index is 605. The van der Waals surface area contributed by atoms with Crippen molar-refractivity contribution in [3.8, 4) is 0 Å². The van der Waals surface area contributed by atoms with Crippen molar-refractivity contribution in [2.24, 2.45) is 0 Å². The van der Waals surface area contributed by atoms with Crippen LogP contribution >= 0.6 is 0 Å². The van der Waals surface area contributed by atoms with Gasteiger partial charge in [-0.15, -0.1) is 0 Å². The third-order valence-corrected chi connectivity index (χ3v) is 3.58. The monoisotopic (exact) mass is 282 g/mol. The summed E-state index contributed by atoms with van der Waals surface area (Å²) in [7, 11) is 1.84. The Morgan fingerprint density at radius 1 is 1.05 bits per heavy atom. The maximum atomic E-state index is 12.2. The summed E-state index contributed by atoms with van der Waals surface area (Å²) < 4.78 is 0. The quantitative estimate of drug-likeness (QED) is 0.857. The zero-order valence-electron chi connectivity index (χ0n) is 12.7. The Labute approximate surface area is 126 Å². The van der Waals surface area contributed by atoms with E-state index in [0.29, 0.717) is 18.7 Å². The summed E-state index contributed by atoms with van der Waals surface area (Å²) in [6, 6.07) is 15.9. The molecule has 0 unspecified atom stereocenters. The van der Waals surface area contributed by atoms with E-state index in [2.05, 4.69) is 31.2 Å². The fourth-order valence-electron chi connectivity index (χ4n) is 2.26. The molecule has 0 radical (unpaired) electrons. The molecule has 0 atom stereocenters. The molecule has 21 heavy (non-hydrogen) atoms. The molecule has 0 bridgehead atoms. The molecule has 0 saturated heterocycles. The molecule has 0 aliphatic rings. The normalized spacial score (nSPS) is 10.4. The SMILES string of the molecule is CCc1ccc(CN(C)C(=O)Cc2cccc(N)c2)cc1. The van der Waals surface area contributed by atoms with Gasteiger partial charge in [0, 0.05) is 19.3 Å². The van der Waals surface area contributed by atoms with Gasteiger partial charge in [0.15, 0.2) is 0 Å². The van der Waals surface area contributed by atoms with Crippen LogP contribution in [0.3, 0.4) is 0 Å². The molecule has 0 aromatic heterocycles. The van der Waals surface area contributed by atoms with Gasteiger partial charge in [-0.05, 0) is 35.2 Å². The number of amides is 1. The van der Waals surface area contributed by atoms with Crippen molar-refractivity contribution < 1.29 is 4.79 Å². The number of hydrogen-bond acceptors (Lipinski definition) is 2. The van der Waals surface area contributed by atoms with E-state index in [9.17, 15) is 4.79 Å². The predicted molar refractivity (Wildman–Crippen MR) is 86.9 cm³/mol. The number of anilines is 1. The molecule has 0 heterocycles. The van der Waals surface area contributed by atoms with Crippen molar-refractivity contribution in [3.05, 3.63) is 65.2 Å². The summed E-state index contributed by atoms with van der Waals surface area (Å²) in [5, 5.41) is 0. The van der Waals surface area contributed by atoms with E-state index < -0.39 is 0 Å². The molecule has 2 aromatic rings. The Balaban J connectivity index is 1.95. The van der Waals surface area contributed by atoms with E-state index >= 15 is 0 Å². The molecule has 0 aliphatic heterocycles. The highest BCUT2D eigenvalue weighted by Gasteiger charge is 2.10. The number of rotatable bonds is 5. The Hall–Kier alpha value is -2.29. The number of nitrogen functional groups attached to an aromatic ring is 1. The molecule has 0 spiro atoms. The number of likely N-dealkylation sites (N-methyl/N-ethyl adjacent to an activating group) is 1. The van der Waals surface area contributed by atoms with Gasteiger partial charge in [-0.3, -0.25) is 4.79 Å². The number of aryl methyl sites for hydroxylation is 1. The highest BCUT2D eigenvalue weighted by molar-refractivity contribution is 5.78. The number of hydrogen-bond donors (Lipinski definition) is 1. The van der Waals surface area contributed by atoms with Crippen LogP contribution in [0.1, 0.15) is 23.6 Å². The molecule has 1 amide bonds. The van der Waals surface area contributed by atoms with Gasteiger partial charge in [-0.1, -0.05) is 43.3 Å². The minimum Gasteiger partial charge on any atom is -0.399 e. The predicted octanol–water partition coefficient (Wildman–Crippen LogP) is 3.03. The summed E-state index contributed by atoms with van der Waals surface area (Å²) in [6.07, 6.45) is 1.42. The fraction of sp³-hybridized carbons (Fsp3) is 0.278. The number of carbonyl (C=O) groups is 1. The molecule has 2 aromatic carbocycles. The zero-order chi connectivity index (χ0) is 15.2. The average molecular weight is 282 g/mol. The van der Waals surface area contributed by atoms with E-state index in [1.165, 1.54) is 5.56 Å². The van der Waals surface area contributed by atoms with Crippen LogP contribution in [0.25, 0.3) is 0 Å². The van der Waals surface area contributed by atoms with Crippen LogP contribution in [0.4, 0.5) is 5.69 Å².